The maximum atomic E-state index is 12.3. The summed E-state index contributed by atoms with van der Waals surface area (Å²) in [4.78, 5) is 23.0. The van der Waals surface area contributed by atoms with Crippen molar-refractivity contribution in [3.8, 4) is 22.8 Å². The fourth-order valence-corrected chi connectivity index (χ4v) is 3.81. The van der Waals surface area contributed by atoms with E-state index in [1.165, 1.54) is 30.5 Å². The summed E-state index contributed by atoms with van der Waals surface area (Å²) in [6.45, 7) is 0. The number of nitro benzene ring substituents is 1. The number of rotatable bonds is 8. The van der Waals surface area contributed by atoms with Crippen molar-refractivity contribution >= 4 is 29.6 Å². The minimum atomic E-state index is -0.468. The van der Waals surface area contributed by atoms with E-state index >= 15 is 0 Å². The molecule has 0 aliphatic carbocycles. The van der Waals surface area contributed by atoms with Crippen molar-refractivity contribution in [1.82, 2.24) is 20.2 Å². The van der Waals surface area contributed by atoms with E-state index in [2.05, 4.69) is 20.7 Å². The van der Waals surface area contributed by atoms with E-state index < -0.39 is 4.92 Å². The van der Waals surface area contributed by atoms with Crippen LogP contribution < -0.4 is 5.43 Å². The molecule has 10 nitrogen and oxygen atoms in total. The number of phenols is 1. The van der Waals surface area contributed by atoms with Crippen LogP contribution in [-0.2, 0) is 4.79 Å². The molecule has 0 fully saturated rings. The Kier molecular flexibility index (Phi) is 6.94. The molecule has 0 saturated carbocycles. The molecule has 0 bridgehead atoms. The predicted molar refractivity (Wildman–Crippen MR) is 128 cm³/mol. The molecular weight excluding hydrogens is 456 g/mol. The summed E-state index contributed by atoms with van der Waals surface area (Å²) in [7, 11) is 0. The minimum Gasteiger partial charge on any atom is -0.508 e. The molecule has 1 aromatic heterocycles. The summed E-state index contributed by atoms with van der Waals surface area (Å²) in [6, 6.07) is 21.9. The van der Waals surface area contributed by atoms with Gasteiger partial charge in [-0.25, -0.2) is 5.43 Å². The van der Waals surface area contributed by atoms with Crippen LogP contribution in [0.2, 0.25) is 0 Å². The lowest BCUT2D eigenvalue weighted by Gasteiger charge is -2.10. The van der Waals surface area contributed by atoms with E-state index in [1.54, 1.807) is 28.8 Å². The smallest absolute Gasteiger partial charge is 0.270 e. The normalized spacial score (nSPS) is 10.9. The largest absolute Gasteiger partial charge is 0.508 e. The van der Waals surface area contributed by atoms with Crippen LogP contribution in [0.15, 0.2) is 89.1 Å². The molecule has 0 radical (unpaired) electrons. The van der Waals surface area contributed by atoms with Crippen molar-refractivity contribution in [1.29, 1.82) is 0 Å². The number of para-hydroxylation sites is 1. The van der Waals surface area contributed by atoms with Gasteiger partial charge in [-0.3, -0.25) is 19.5 Å². The second-order valence-electron chi connectivity index (χ2n) is 6.96. The van der Waals surface area contributed by atoms with Crippen LogP contribution in [0.4, 0.5) is 5.69 Å². The summed E-state index contributed by atoms with van der Waals surface area (Å²) >= 11 is 1.15. The van der Waals surface area contributed by atoms with Crippen LogP contribution >= 0.6 is 11.8 Å². The van der Waals surface area contributed by atoms with Crippen molar-refractivity contribution in [2.75, 3.05) is 5.75 Å². The van der Waals surface area contributed by atoms with E-state index in [1.807, 2.05) is 30.3 Å². The zero-order chi connectivity index (χ0) is 23.9. The van der Waals surface area contributed by atoms with Crippen LogP contribution in [0, 0.1) is 10.1 Å². The quantitative estimate of drug-likeness (QED) is 0.172. The Balaban J connectivity index is 1.53. The molecule has 0 atom stereocenters. The number of aromatic nitrogens is 3. The number of thioether (sulfide) groups is 1. The first-order valence-corrected chi connectivity index (χ1v) is 11.0. The molecule has 1 amide bonds. The Hall–Kier alpha value is -4.51. The number of amides is 1. The van der Waals surface area contributed by atoms with Gasteiger partial charge in [0.1, 0.15) is 5.75 Å². The summed E-state index contributed by atoms with van der Waals surface area (Å²) in [5.41, 5.74) is 4.29. The molecule has 170 valence electrons. The highest BCUT2D eigenvalue weighted by atomic mass is 32.2. The van der Waals surface area contributed by atoms with Gasteiger partial charge in [0.15, 0.2) is 11.0 Å². The molecular formula is C23H18N6O4S. The number of aromatic hydroxyl groups is 1. The Bertz CT molecular complexity index is 1360. The molecule has 0 unspecified atom stereocenters. The van der Waals surface area contributed by atoms with Crippen molar-refractivity contribution < 1.29 is 14.8 Å². The van der Waals surface area contributed by atoms with Crippen LogP contribution in [0.25, 0.3) is 17.1 Å². The number of nitro groups is 1. The van der Waals surface area contributed by atoms with Crippen LogP contribution in [0.5, 0.6) is 5.75 Å². The van der Waals surface area contributed by atoms with Gasteiger partial charge < -0.3 is 5.11 Å². The molecule has 2 N–H and O–H groups in total. The SMILES string of the molecule is O=C(CSc1nnc(-c2cccc([N+](=O)[O-])c2)n1-c1ccccc1)N/N=C/c1cccc(O)c1. The minimum absolute atomic E-state index is 0.0112. The lowest BCUT2D eigenvalue weighted by molar-refractivity contribution is -0.384. The number of phenolic OH excluding ortho intramolecular Hbond substituents is 1. The molecule has 4 rings (SSSR count). The van der Waals surface area contributed by atoms with E-state index in [0.717, 1.165) is 17.4 Å². The molecule has 34 heavy (non-hydrogen) atoms. The first-order chi connectivity index (χ1) is 16.5. The van der Waals surface area contributed by atoms with Gasteiger partial charge in [-0.05, 0) is 29.8 Å². The molecule has 11 heteroatoms. The fraction of sp³-hybridized carbons (Fsp3) is 0.0435. The lowest BCUT2D eigenvalue weighted by Crippen LogP contribution is -2.20. The van der Waals surface area contributed by atoms with Gasteiger partial charge in [0.25, 0.3) is 11.6 Å². The first kappa shape index (κ1) is 22.7. The van der Waals surface area contributed by atoms with Gasteiger partial charge in [0, 0.05) is 23.4 Å². The Morgan fingerprint density at radius 3 is 2.65 bits per heavy atom. The number of nitrogens with one attached hydrogen (secondary N) is 1. The van der Waals surface area contributed by atoms with E-state index in [4.69, 9.17) is 0 Å². The Morgan fingerprint density at radius 2 is 1.88 bits per heavy atom. The zero-order valence-corrected chi connectivity index (χ0v) is 18.4. The third-order valence-electron chi connectivity index (χ3n) is 4.57. The Labute approximate surface area is 198 Å². The monoisotopic (exact) mass is 474 g/mol. The summed E-state index contributed by atoms with van der Waals surface area (Å²) in [5.74, 6) is 0.170. The highest BCUT2D eigenvalue weighted by molar-refractivity contribution is 7.99. The van der Waals surface area contributed by atoms with E-state index in [-0.39, 0.29) is 23.1 Å². The van der Waals surface area contributed by atoms with Gasteiger partial charge in [0.05, 0.1) is 16.9 Å². The molecule has 4 aromatic rings. The average molecular weight is 475 g/mol. The molecule has 0 spiro atoms. The lowest BCUT2D eigenvalue weighted by atomic mass is 10.2. The van der Waals surface area contributed by atoms with Crippen molar-refractivity contribution in [2.24, 2.45) is 5.10 Å². The van der Waals surface area contributed by atoms with Crippen LogP contribution in [-0.4, -0.2) is 42.7 Å². The van der Waals surface area contributed by atoms with Gasteiger partial charge in [-0.2, -0.15) is 5.10 Å². The van der Waals surface area contributed by atoms with E-state index in [0.29, 0.717) is 22.1 Å². The maximum absolute atomic E-state index is 12.3. The highest BCUT2D eigenvalue weighted by Gasteiger charge is 2.19. The fourth-order valence-electron chi connectivity index (χ4n) is 3.07. The number of carbonyl (C=O) groups excluding carboxylic acids is 1. The summed E-state index contributed by atoms with van der Waals surface area (Å²) in [5, 5.41) is 33.5. The molecule has 1 heterocycles. The zero-order valence-electron chi connectivity index (χ0n) is 17.6. The number of hydrazone groups is 1. The highest BCUT2D eigenvalue weighted by Crippen LogP contribution is 2.29. The Morgan fingerprint density at radius 1 is 1.09 bits per heavy atom. The van der Waals surface area contributed by atoms with Crippen LogP contribution in [0.3, 0.4) is 0 Å². The standard InChI is InChI=1S/C23H18N6O4S/c30-20-11-4-6-16(12-20)14-24-25-21(31)15-34-23-27-26-22(28(23)18-8-2-1-3-9-18)17-7-5-10-19(13-17)29(32)33/h1-14,30H,15H2,(H,25,31)/b24-14+. The number of benzene rings is 3. The van der Waals surface area contributed by atoms with Crippen molar-refractivity contribution in [3.05, 3.63) is 94.5 Å². The second-order valence-corrected chi connectivity index (χ2v) is 7.90. The van der Waals surface area contributed by atoms with Gasteiger partial charge in [-0.15, -0.1) is 10.2 Å². The summed E-state index contributed by atoms with van der Waals surface area (Å²) < 4.78 is 1.74. The van der Waals surface area contributed by atoms with Crippen molar-refractivity contribution in [3.63, 3.8) is 0 Å². The van der Waals surface area contributed by atoms with Gasteiger partial charge in [0.2, 0.25) is 0 Å². The molecule has 3 aromatic carbocycles. The average Bonchev–Trinajstić information content (AvgIpc) is 3.27. The number of non-ortho nitro benzene ring substituents is 1. The number of hydrogen-bond acceptors (Lipinski definition) is 8. The van der Waals surface area contributed by atoms with Gasteiger partial charge >= 0.3 is 0 Å². The molecule has 0 saturated heterocycles. The number of nitrogens with zero attached hydrogens (tertiary/aromatic N) is 5. The maximum Gasteiger partial charge on any atom is 0.270 e. The molecule has 0 aliphatic rings. The second kappa shape index (κ2) is 10.4. The van der Waals surface area contributed by atoms with Crippen molar-refractivity contribution in [2.45, 2.75) is 5.16 Å². The van der Waals surface area contributed by atoms with Crippen LogP contribution in [0.1, 0.15) is 5.56 Å². The number of hydrogen-bond donors (Lipinski definition) is 2. The molecule has 0 aliphatic heterocycles. The third kappa shape index (κ3) is 5.45. The third-order valence-corrected chi connectivity index (χ3v) is 5.50. The topological polar surface area (TPSA) is 136 Å². The summed E-state index contributed by atoms with van der Waals surface area (Å²) in [6.07, 6.45) is 1.43. The first-order valence-electron chi connectivity index (χ1n) is 10.0. The number of carbonyl (C=O) groups is 1. The van der Waals surface area contributed by atoms with Gasteiger partial charge in [-0.1, -0.05) is 54.2 Å². The predicted octanol–water partition coefficient (Wildman–Crippen LogP) is 3.79. The van der Waals surface area contributed by atoms with E-state index in [9.17, 15) is 20.0 Å².